The molecule has 1 aromatic carbocycles. The molecule has 0 bridgehead atoms. The minimum absolute atomic E-state index is 0.109. The molecule has 5 N–H and O–H groups in total. The van der Waals surface area contributed by atoms with E-state index >= 15 is 0 Å². The minimum Gasteiger partial charge on any atom is -0.368 e. The van der Waals surface area contributed by atoms with Crippen LogP contribution in [0, 0.1) is 5.92 Å². The lowest BCUT2D eigenvalue weighted by atomic mass is 9.81. The van der Waals surface area contributed by atoms with E-state index in [2.05, 4.69) is 47.8 Å². The number of amides is 3. The number of carbonyl (C=O) groups is 2. The predicted molar refractivity (Wildman–Crippen MR) is 151 cm³/mol. The van der Waals surface area contributed by atoms with E-state index in [1.807, 2.05) is 0 Å². The average Bonchev–Trinajstić information content (AvgIpc) is 3.33. The van der Waals surface area contributed by atoms with Gasteiger partial charge in [0.05, 0.1) is 16.1 Å². The number of anilines is 1. The van der Waals surface area contributed by atoms with E-state index in [0.717, 1.165) is 38.5 Å². The molecule has 2 heterocycles. The largest absolute Gasteiger partial charge is 0.368 e. The van der Waals surface area contributed by atoms with Crippen molar-refractivity contribution in [2.45, 2.75) is 70.4 Å². The van der Waals surface area contributed by atoms with Gasteiger partial charge in [-0.15, -0.1) is 0 Å². The van der Waals surface area contributed by atoms with E-state index in [0.29, 0.717) is 34.7 Å². The van der Waals surface area contributed by atoms with Gasteiger partial charge >= 0.3 is 6.03 Å². The topological polar surface area (TPSA) is 103 Å². The van der Waals surface area contributed by atoms with Crippen LogP contribution in [0.1, 0.15) is 63.9 Å². The fraction of sp³-hybridized carbons (Fsp3) is 0.500. The zero-order chi connectivity index (χ0) is 26.5. The highest BCUT2D eigenvalue weighted by Crippen LogP contribution is 2.32. The third kappa shape index (κ3) is 6.51. The molecule has 37 heavy (non-hydrogen) atoms. The van der Waals surface area contributed by atoms with Crippen LogP contribution in [0.25, 0.3) is 12.2 Å². The number of likely N-dealkylation sites (tertiary alicyclic amines) is 1. The Labute approximate surface area is 228 Å². The van der Waals surface area contributed by atoms with Crippen molar-refractivity contribution in [3.05, 3.63) is 50.6 Å². The monoisotopic (exact) mass is 545 g/mol. The number of nitrogens with one attached hydrogen (secondary N) is 3. The van der Waals surface area contributed by atoms with Crippen LogP contribution in [0.15, 0.2) is 24.4 Å². The van der Waals surface area contributed by atoms with E-state index in [-0.39, 0.29) is 29.9 Å². The molecule has 1 saturated heterocycles. The number of rotatable bonds is 6. The molecule has 1 aliphatic carbocycles. The number of nitrogens with zero attached hydrogens (tertiary/aromatic N) is 1. The first-order valence-corrected chi connectivity index (χ1v) is 13.9. The molecular weight excluding hydrogens is 509 g/mol. The lowest BCUT2D eigenvalue weighted by Gasteiger charge is -2.38. The Kier molecular flexibility index (Phi) is 9.22. The van der Waals surface area contributed by atoms with Crippen molar-refractivity contribution in [2.75, 3.05) is 18.4 Å². The highest BCUT2D eigenvalue weighted by atomic mass is 35.5. The summed E-state index contributed by atoms with van der Waals surface area (Å²) < 4.78 is 0. The van der Waals surface area contributed by atoms with Crippen LogP contribution >= 0.6 is 23.2 Å². The number of urea groups is 1. The summed E-state index contributed by atoms with van der Waals surface area (Å²) >= 11 is 12.0. The van der Waals surface area contributed by atoms with Gasteiger partial charge in [-0.25, -0.2) is 4.79 Å². The van der Waals surface area contributed by atoms with Crippen molar-refractivity contribution < 1.29 is 9.59 Å². The summed E-state index contributed by atoms with van der Waals surface area (Å²) in [6, 6.07) is 4.72. The molecule has 2 aliphatic rings. The van der Waals surface area contributed by atoms with Crippen molar-refractivity contribution in [3.8, 4) is 0 Å². The smallest absolute Gasteiger partial charge is 0.321 e. The van der Waals surface area contributed by atoms with Crippen LogP contribution in [-0.2, 0) is 4.79 Å². The van der Waals surface area contributed by atoms with Gasteiger partial charge in [0.25, 0.3) is 0 Å². The highest BCUT2D eigenvalue weighted by Gasteiger charge is 2.34. The second kappa shape index (κ2) is 12.4. The molecule has 2 fully saturated rings. The zero-order valence-electron chi connectivity index (χ0n) is 21.5. The predicted octanol–water partition coefficient (Wildman–Crippen LogP) is 4.34. The quantitative estimate of drug-likeness (QED) is 0.434. The molecule has 7 nitrogen and oxygen atoms in total. The second-order valence-corrected chi connectivity index (χ2v) is 10.9. The zero-order valence-corrected chi connectivity index (χ0v) is 23.0. The maximum Gasteiger partial charge on any atom is 0.321 e. The lowest BCUT2D eigenvalue weighted by molar-refractivity contribution is -0.122. The van der Waals surface area contributed by atoms with Gasteiger partial charge in [-0.1, -0.05) is 35.4 Å². The fourth-order valence-corrected chi connectivity index (χ4v) is 6.15. The summed E-state index contributed by atoms with van der Waals surface area (Å²) in [6.07, 6.45) is 12.1. The van der Waals surface area contributed by atoms with Gasteiger partial charge in [0.1, 0.15) is 0 Å². The SMILES string of the molecule is CC=c1[nH]cc(C2CCC(NC(C(N)=O)C3CCN(C(=O)Nc4ccc(Cl)c(Cl)c4)CC3)CC2)c1=CC. The molecule has 1 aliphatic heterocycles. The standard InChI is InChI=1S/C28H37Cl2N5O2/c1-3-21-22(16-32-25(21)4-2)17-5-7-19(8-6-17)33-26(27(31)36)18-11-13-35(14-12-18)28(37)34-20-9-10-23(29)24(30)15-20/h3-4,9-10,15-19,26,32-33H,5-8,11-14H2,1-2H3,(H2,31,36)(H,34,37). The molecule has 0 radical (unpaired) electrons. The van der Waals surface area contributed by atoms with Gasteiger partial charge in [0.15, 0.2) is 0 Å². The van der Waals surface area contributed by atoms with Crippen LogP contribution in [0.4, 0.5) is 10.5 Å². The van der Waals surface area contributed by atoms with E-state index in [4.69, 9.17) is 28.9 Å². The summed E-state index contributed by atoms with van der Waals surface area (Å²) in [5, 5.41) is 9.80. The third-order valence-electron chi connectivity index (χ3n) is 7.92. The molecule has 200 valence electrons. The number of aromatic nitrogens is 1. The second-order valence-electron chi connectivity index (χ2n) is 10.1. The Morgan fingerprint density at radius 2 is 1.76 bits per heavy atom. The number of carbonyl (C=O) groups excluding carboxylic acids is 2. The number of benzene rings is 1. The molecule has 1 unspecified atom stereocenters. The van der Waals surface area contributed by atoms with Crippen LogP contribution in [0.2, 0.25) is 10.0 Å². The van der Waals surface area contributed by atoms with Crippen molar-refractivity contribution in [2.24, 2.45) is 11.7 Å². The molecule has 4 rings (SSSR count). The Hall–Kier alpha value is -2.48. The van der Waals surface area contributed by atoms with Crippen molar-refractivity contribution >= 4 is 53.0 Å². The van der Waals surface area contributed by atoms with E-state index in [9.17, 15) is 9.59 Å². The highest BCUT2D eigenvalue weighted by molar-refractivity contribution is 6.42. The number of halogens is 2. The number of primary amides is 1. The number of hydrogen-bond acceptors (Lipinski definition) is 3. The summed E-state index contributed by atoms with van der Waals surface area (Å²) in [6.45, 7) is 5.28. The van der Waals surface area contributed by atoms with Crippen LogP contribution in [0.5, 0.6) is 0 Å². The lowest BCUT2D eigenvalue weighted by Crippen LogP contribution is -2.54. The third-order valence-corrected chi connectivity index (χ3v) is 8.66. The van der Waals surface area contributed by atoms with Gasteiger partial charge < -0.3 is 26.3 Å². The van der Waals surface area contributed by atoms with Crippen LogP contribution < -0.4 is 26.9 Å². The van der Waals surface area contributed by atoms with Gasteiger partial charge in [-0.2, -0.15) is 0 Å². The molecule has 2 aromatic rings. The fourth-order valence-electron chi connectivity index (χ4n) is 5.85. The molecule has 9 heteroatoms. The average molecular weight is 547 g/mol. The Morgan fingerprint density at radius 1 is 1.05 bits per heavy atom. The van der Waals surface area contributed by atoms with Gasteiger partial charge in [-0.05, 0) is 93.2 Å². The van der Waals surface area contributed by atoms with Gasteiger partial charge in [0, 0.05) is 36.4 Å². The maximum absolute atomic E-state index is 12.7. The summed E-state index contributed by atoms with van der Waals surface area (Å²) in [5.41, 5.74) is 7.85. The van der Waals surface area contributed by atoms with Crippen LogP contribution in [0.3, 0.4) is 0 Å². The number of nitrogens with two attached hydrogens (primary N) is 1. The molecule has 1 atom stereocenters. The van der Waals surface area contributed by atoms with E-state index in [1.54, 1.807) is 23.1 Å². The Balaban J connectivity index is 1.29. The van der Waals surface area contributed by atoms with Gasteiger partial charge in [-0.3, -0.25) is 4.79 Å². The first-order valence-electron chi connectivity index (χ1n) is 13.2. The number of aromatic amines is 1. The van der Waals surface area contributed by atoms with E-state index in [1.165, 1.54) is 16.1 Å². The Bertz CT molecular complexity index is 1230. The summed E-state index contributed by atoms with van der Waals surface area (Å²) in [5.74, 6) is 0.328. The Morgan fingerprint density at radius 3 is 2.35 bits per heavy atom. The first-order chi connectivity index (χ1) is 17.8. The number of piperidine rings is 1. The van der Waals surface area contributed by atoms with Crippen molar-refractivity contribution in [1.82, 2.24) is 15.2 Å². The van der Waals surface area contributed by atoms with Crippen molar-refractivity contribution in [3.63, 3.8) is 0 Å². The molecular formula is C28H37Cl2N5O2. The molecule has 0 spiro atoms. The van der Waals surface area contributed by atoms with Crippen LogP contribution in [-0.4, -0.2) is 47.0 Å². The first kappa shape index (κ1) is 27.6. The molecule has 1 aromatic heterocycles. The normalized spacial score (nSPS) is 22.8. The molecule has 1 saturated carbocycles. The molecule has 3 amide bonds. The summed E-state index contributed by atoms with van der Waals surface area (Å²) in [4.78, 5) is 30.3. The maximum atomic E-state index is 12.7. The van der Waals surface area contributed by atoms with Gasteiger partial charge in [0.2, 0.25) is 5.91 Å². The number of H-pyrrole nitrogens is 1. The van der Waals surface area contributed by atoms with Crippen molar-refractivity contribution in [1.29, 1.82) is 0 Å². The summed E-state index contributed by atoms with van der Waals surface area (Å²) in [7, 11) is 0. The number of hydrogen-bond donors (Lipinski definition) is 4. The van der Waals surface area contributed by atoms with E-state index < -0.39 is 0 Å². The minimum atomic E-state index is -0.380.